The average molecular weight is 250 g/mol. The zero-order chi connectivity index (χ0) is 13.4. The van der Waals surface area contributed by atoms with Crippen LogP contribution in [0.25, 0.3) is 0 Å². The van der Waals surface area contributed by atoms with E-state index in [9.17, 15) is 9.59 Å². The van der Waals surface area contributed by atoms with Crippen LogP contribution in [0.3, 0.4) is 0 Å². The summed E-state index contributed by atoms with van der Waals surface area (Å²) in [5.74, 6) is -0.632. The van der Waals surface area contributed by atoms with Crippen LogP contribution in [0.2, 0.25) is 0 Å². The lowest BCUT2D eigenvalue weighted by molar-refractivity contribution is -0.143. The van der Waals surface area contributed by atoms with Crippen molar-refractivity contribution >= 4 is 11.9 Å². The lowest BCUT2D eigenvalue weighted by Crippen LogP contribution is -2.17. The molecule has 1 atom stereocenters. The Kier molecular flexibility index (Phi) is 5.91. The second kappa shape index (κ2) is 7.48. The Morgan fingerprint density at radius 3 is 2.50 bits per heavy atom. The van der Waals surface area contributed by atoms with Gasteiger partial charge >= 0.3 is 11.9 Å². The van der Waals surface area contributed by atoms with E-state index in [-0.39, 0.29) is 24.5 Å². The maximum absolute atomic E-state index is 11.7. The first-order valence-corrected chi connectivity index (χ1v) is 6.05. The Balaban J connectivity index is 2.34. The first-order chi connectivity index (χ1) is 8.63. The molecule has 0 saturated carbocycles. The van der Waals surface area contributed by atoms with Crippen molar-refractivity contribution in [3.63, 3.8) is 0 Å². The van der Waals surface area contributed by atoms with Crippen molar-refractivity contribution in [2.75, 3.05) is 6.61 Å². The lowest BCUT2D eigenvalue weighted by Gasteiger charge is -2.12. The Bertz CT molecular complexity index is 386. The number of esters is 2. The number of hydrogen-bond donors (Lipinski definition) is 0. The monoisotopic (exact) mass is 250 g/mol. The van der Waals surface area contributed by atoms with Crippen molar-refractivity contribution in [2.24, 2.45) is 0 Å². The Morgan fingerprint density at radius 1 is 1.22 bits per heavy atom. The molecule has 18 heavy (non-hydrogen) atoms. The Labute approximate surface area is 107 Å². The van der Waals surface area contributed by atoms with Crippen molar-refractivity contribution in [1.29, 1.82) is 0 Å². The van der Waals surface area contributed by atoms with Gasteiger partial charge in [0.2, 0.25) is 0 Å². The fourth-order valence-corrected chi connectivity index (χ4v) is 1.44. The van der Waals surface area contributed by atoms with Gasteiger partial charge in [-0.2, -0.15) is 0 Å². The van der Waals surface area contributed by atoms with E-state index in [2.05, 4.69) is 0 Å². The smallest absolute Gasteiger partial charge is 0.338 e. The van der Waals surface area contributed by atoms with E-state index in [1.54, 1.807) is 38.1 Å². The third kappa shape index (κ3) is 4.99. The van der Waals surface area contributed by atoms with E-state index in [4.69, 9.17) is 9.47 Å². The lowest BCUT2D eigenvalue weighted by atomic mass is 10.2. The Morgan fingerprint density at radius 2 is 1.89 bits per heavy atom. The van der Waals surface area contributed by atoms with Gasteiger partial charge in [-0.15, -0.1) is 0 Å². The molecule has 0 aliphatic carbocycles. The molecular formula is C14H18O4. The molecule has 0 spiro atoms. The molecule has 1 aromatic rings. The Hall–Kier alpha value is -1.84. The van der Waals surface area contributed by atoms with Crippen LogP contribution in [0.1, 0.15) is 37.0 Å². The summed E-state index contributed by atoms with van der Waals surface area (Å²) in [7, 11) is 0. The van der Waals surface area contributed by atoms with Gasteiger partial charge < -0.3 is 9.47 Å². The minimum absolute atomic E-state index is 0.261. The van der Waals surface area contributed by atoms with Gasteiger partial charge in [0, 0.05) is 6.42 Å². The normalized spacial score (nSPS) is 11.7. The van der Waals surface area contributed by atoms with Crippen LogP contribution >= 0.6 is 0 Å². The van der Waals surface area contributed by atoms with E-state index >= 15 is 0 Å². The van der Waals surface area contributed by atoms with Crippen molar-refractivity contribution < 1.29 is 19.1 Å². The number of carbonyl (C=O) groups is 2. The molecule has 0 aliphatic rings. The van der Waals surface area contributed by atoms with Gasteiger partial charge in [-0.25, -0.2) is 4.79 Å². The van der Waals surface area contributed by atoms with Gasteiger partial charge in [0.25, 0.3) is 0 Å². The van der Waals surface area contributed by atoms with Gasteiger partial charge in [0.05, 0.1) is 18.3 Å². The summed E-state index contributed by atoms with van der Waals surface area (Å²) >= 11 is 0. The molecule has 98 valence electrons. The molecule has 0 bridgehead atoms. The summed E-state index contributed by atoms with van der Waals surface area (Å²) < 4.78 is 10.0. The van der Waals surface area contributed by atoms with Crippen molar-refractivity contribution in [2.45, 2.75) is 32.8 Å². The zero-order valence-electron chi connectivity index (χ0n) is 10.7. The first kappa shape index (κ1) is 14.2. The molecule has 0 heterocycles. The summed E-state index contributed by atoms with van der Waals surface area (Å²) in [6, 6.07) is 8.78. The molecule has 0 saturated heterocycles. The standard InChI is InChI=1S/C14H18O4/c1-3-17-13(15)10-9-11(2)18-14(16)12-7-5-4-6-8-12/h4-8,11H,3,9-10H2,1-2H3. The highest BCUT2D eigenvalue weighted by Gasteiger charge is 2.13. The molecule has 1 unspecified atom stereocenters. The predicted molar refractivity (Wildman–Crippen MR) is 67.2 cm³/mol. The third-order valence-corrected chi connectivity index (χ3v) is 2.38. The highest BCUT2D eigenvalue weighted by molar-refractivity contribution is 5.89. The van der Waals surface area contributed by atoms with Gasteiger partial charge in [-0.05, 0) is 32.4 Å². The average Bonchev–Trinajstić information content (AvgIpc) is 2.38. The minimum atomic E-state index is -0.369. The molecule has 4 heteroatoms. The molecule has 0 radical (unpaired) electrons. The van der Waals surface area contributed by atoms with Crippen LogP contribution in [0.5, 0.6) is 0 Å². The highest BCUT2D eigenvalue weighted by atomic mass is 16.5. The maximum atomic E-state index is 11.7. The van der Waals surface area contributed by atoms with Crippen LogP contribution in [0.15, 0.2) is 30.3 Å². The van der Waals surface area contributed by atoms with Crippen LogP contribution in [-0.2, 0) is 14.3 Å². The number of hydrogen-bond acceptors (Lipinski definition) is 4. The molecular weight excluding hydrogens is 232 g/mol. The van der Waals surface area contributed by atoms with Crippen LogP contribution < -0.4 is 0 Å². The van der Waals surface area contributed by atoms with Crippen LogP contribution in [0.4, 0.5) is 0 Å². The number of rotatable bonds is 6. The quantitative estimate of drug-likeness (QED) is 0.728. The largest absolute Gasteiger partial charge is 0.466 e. The van der Waals surface area contributed by atoms with Gasteiger partial charge in [-0.3, -0.25) is 4.79 Å². The van der Waals surface area contributed by atoms with E-state index in [1.807, 2.05) is 6.07 Å². The first-order valence-electron chi connectivity index (χ1n) is 6.05. The predicted octanol–water partition coefficient (Wildman–Crippen LogP) is 2.58. The van der Waals surface area contributed by atoms with E-state index in [1.165, 1.54) is 0 Å². The molecule has 1 rings (SSSR count). The molecule has 1 aromatic carbocycles. The van der Waals surface area contributed by atoms with E-state index in [0.29, 0.717) is 18.6 Å². The molecule has 0 N–H and O–H groups in total. The number of ether oxygens (including phenoxy) is 2. The summed E-state index contributed by atoms with van der Waals surface area (Å²) in [4.78, 5) is 22.8. The summed E-state index contributed by atoms with van der Waals surface area (Å²) in [6.45, 7) is 3.90. The molecule has 4 nitrogen and oxygen atoms in total. The third-order valence-electron chi connectivity index (χ3n) is 2.38. The summed E-state index contributed by atoms with van der Waals surface area (Å²) in [5.41, 5.74) is 0.514. The fourth-order valence-electron chi connectivity index (χ4n) is 1.44. The van der Waals surface area contributed by atoms with Crippen molar-refractivity contribution in [3.05, 3.63) is 35.9 Å². The van der Waals surface area contributed by atoms with Crippen LogP contribution in [0, 0.1) is 0 Å². The SMILES string of the molecule is CCOC(=O)CCC(C)OC(=O)c1ccccc1. The van der Waals surface area contributed by atoms with Gasteiger partial charge in [0.1, 0.15) is 0 Å². The summed E-state index contributed by atoms with van der Waals surface area (Å²) in [6.07, 6.45) is 0.427. The maximum Gasteiger partial charge on any atom is 0.338 e. The molecule has 0 aliphatic heterocycles. The second-order valence-corrected chi connectivity index (χ2v) is 3.93. The van der Waals surface area contributed by atoms with Crippen LogP contribution in [-0.4, -0.2) is 24.6 Å². The van der Waals surface area contributed by atoms with Crippen molar-refractivity contribution in [3.8, 4) is 0 Å². The van der Waals surface area contributed by atoms with E-state index < -0.39 is 0 Å². The summed E-state index contributed by atoms with van der Waals surface area (Å²) in [5, 5.41) is 0. The molecule has 0 aromatic heterocycles. The number of carbonyl (C=O) groups excluding carboxylic acids is 2. The van der Waals surface area contributed by atoms with Crippen molar-refractivity contribution in [1.82, 2.24) is 0 Å². The molecule has 0 amide bonds. The fraction of sp³-hybridized carbons (Fsp3) is 0.429. The topological polar surface area (TPSA) is 52.6 Å². The molecule has 0 fully saturated rings. The minimum Gasteiger partial charge on any atom is -0.466 e. The zero-order valence-corrected chi connectivity index (χ0v) is 10.7. The van der Waals surface area contributed by atoms with Gasteiger partial charge in [0.15, 0.2) is 0 Å². The number of benzene rings is 1. The van der Waals surface area contributed by atoms with E-state index in [0.717, 1.165) is 0 Å². The highest BCUT2D eigenvalue weighted by Crippen LogP contribution is 2.08. The van der Waals surface area contributed by atoms with Gasteiger partial charge in [-0.1, -0.05) is 18.2 Å². The second-order valence-electron chi connectivity index (χ2n) is 3.93.